The Morgan fingerprint density at radius 2 is 1.25 bits per heavy atom. The summed E-state index contributed by atoms with van der Waals surface area (Å²) in [5, 5.41) is 0. The molecule has 0 aromatic rings. The predicted molar refractivity (Wildman–Crippen MR) is 8.52 cm³/mol. The Hall–Kier alpha value is 0.899. The topological polar surface area (TPSA) is 34.1 Å². The van der Waals surface area contributed by atoms with E-state index in [1.807, 2.05) is 0 Å². The van der Waals surface area contributed by atoms with Gasteiger partial charge < -0.3 is 0 Å². The third kappa shape index (κ3) is 12.9. The Morgan fingerprint density at radius 3 is 1.25 bits per heavy atom. The second kappa shape index (κ2) is 40.6. The molecule has 0 amide bonds. The summed E-state index contributed by atoms with van der Waals surface area (Å²) >= 11 is 1.62. The van der Waals surface area contributed by atoms with Crippen LogP contribution in [-0.2, 0) is 26.2 Å². The van der Waals surface area contributed by atoms with Gasteiger partial charge >= 0.3 is 44.7 Å². The van der Waals surface area contributed by atoms with Gasteiger partial charge in [-0.1, -0.05) is 0 Å². The van der Waals surface area contributed by atoms with E-state index in [0.29, 0.717) is 0 Å². The van der Waals surface area contributed by atoms with Crippen molar-refractivity contribution in [2.24, 2.45) is 0 Å². The Balaban J connectivity index is 0. The van der Waals surface area contributed by atoms with E-state index < -0.39 is 0 Å². The molecule has 0 N–H and O–H groups in total. The maximum absolute atomic E-state index is 8.38. The summed E-state index contributed by atoms with van der Waals surface area (Å²) in [6.45, 7) is 0. The van der Waals surface area contributed by atoms with Crippen molar-refractivity contribution in [2.75, 3.05) is 0 Å². The Morgan fingerprint density at radius 1 is 1.25 bits per heavy atom. The van der Waals surface area contributed by atoms with Crippen molar-refractivity contribution in [3.63, 3.8) is 0 Å². The fourth-order valence-electron chi connectivity index (χ4n) is 0. The molecule has 0 radical (unpaired) electrons. The van der Waals surface area contributed by atoms with Gasteiger partial charge in [0.15, 0.2) is 0 Å². The van der Waals surface area contributed by atoms with Crippen molar-refractivity contribution in [1.82, 2.24) is 0 Å². The molecule has 0 unspecified atom stereocenters. The Labute approximate surface area is 44.8 Å². The second-order valence-corrected chi connectivity index (χ2v) is 0. The molecule has 0 atom stereocenters. The van der Waals surface area contributed by atoms with E-state index in [0.717, 1.165) is 0 Å². The van der Waals surface area contributed by atoms with E-state index in [-0.39, 0.29) is 18.6 Å². The molecule has 4 heavy (non-hydrogen) atoms. The first-order chi connectivity index (χ1) is 2.00. The second-order valence-electron chi connectivity index (χ2n) is 0. The normalized spacial score (nSPS) is 2.25. The molecule has 0 aromatic heterocycles. The van der Waals surface area contributed by atoms with Gasteiger partial charge in [0.2, 0.25) is 0 Å². The SMILES string of the molecule is [O]=[GaH].[O]=[Pd]. The van der Waals surface area contributed by atoms with Crippen LogP contribution in [0.15, 0.2) is 0 Å². The minimum absolute atomic E-state index is 0.125. The van der Waals surface area contributed by atoms with Crippen LogP contribution in [0.4, 0.5) is 0 Å². The molecule has 0 rings (SSSR count). The Bertz CT molecular complexity index is 8.00. The zero-order valence-corrected chi connectivity index (χ0v) is 6.36. The third-order valence-electron chi connectivity index (χ3n) is 0. The van der Waals surface area contributed by atoms with Crippen LogP contribution in [0.3, 0.4) is 0 Å². The number of rotatable bonds is 0. The number of hydrogen-bond acceptors (Lipinski definition) is 2. The standard InChI is InChI=1S/Ga.2O.Pd.H. The van der Waals surface area contributed by atoms with Crippen LogP contribution in [-0.4, -0.2) is 18.6 Å². The molecule has 0 aliphatic carbocycles. The maximum atomic E-state index is 8.38. The summed E-state index contributed by atoms with van der Waals surface area (Å²) in [5.74, 6) is 0. The van der Waals surface area contributed by atoms with Gasteiger partial charge in [0.1, 0.15) is 0 Å². The monoisotopic (exact) mass is 208 g/mol. The number of hydrogen-bond donors (Lipinski definition) is 0. The van der Waals surface area contributed by atoms with Gasteiger partial charge in [-0.25, -0.2) is 0 Å². The fourth-order valence-corrected chi connectivity index (χ4v) is 0. The van der Waals surface area contributed by atoms with Crippen LogP contribution in [0.25, 0.3) is 0 Å². The molecule has 0 saturated carbocycles. The van der Waals surface area contributed by atoms with Crippen molar-refractivity contribution in [1.29, 1.82) is 0 Å². The van der Waals surface area contributed by atoms with Gasteiger partial charge in [-0.15, -0.1) is 0 Å². The molecule has 4 heteroatoms. The summed E-state index contributed by atoms with van der Waals surface area (Å²) < 4.78 is 16.5. The zero-order valence-electron chi connectivity index (χ0n) is 1.84. The average Bonchev–Trinajstić information content (AvgIpc) is 1.50. The van der Waals surface area contributed by atoms with Crippen LogP contribution >= 0.6 is 0 Å². The van der Waals surface area contributed by atoms with Gasteiger partial charge in [0, 0.05) is 0 Å². The van der Waals surface area contributed by atoms with Crippen LogP contribution in [0, 0.1) is 0 Å². The average molecular weight is 209 g/mol. The molecule has 0 fully saturated rings. The molecule has 0 aromatic carbocycles. The summed E-state index contributed by atoms with van der Waals surface area (Å²) in [7, 11) is 0. The van der Waals surface area contributed by atoms with Gasteiger partial charge in [-0.3, -0.25) is 0 Å². The van der Waals surface area contributed by atoms with E-state index >= 15 is 0 Å². The molecule has 2 nitrogen and oxygen atoms in total. The van der Waals surface area contributed by atoms with Gasteiger partial charge in [-0.05, 0) is 0 Å². The molecular formula is HGaO2Pd. The van der Waals surface area contributed by atoms with E-state index in [1.165, 1.54) is 19.2 Å². The third-order valence-corrected chi connectivity index (χ3v) is 0. The van der Waals surface area contributed by atoms with Crippen LogP contribution in [0.2, 0.25) is 0 Å². The first kappa shape index (κ1) is 8.86. The van der Waals surface area contributed by atoms with Crippen LogP contribution < -0.4 is 0 Å². The molecule has 0 spiro atoms. The fraction of sp³-hybridized carbons (Fsp3) is 0. The minimum atomic E-state index is 0.125. The van der Waals surface area contributed by atoms with Crippen LogP contribution in [0.5, 0.6) is 0 Å². The van der Waals surface area contributed by atoms with E-state index in [4.69, 9.17) is 7.01 Å². The molecule has 26 valence electrons. The molecular weight excluding hydrogens is 208 g/mol. The first-order valence-electron chi connectivity index (χ1n) is 0.418. The van der Waals surface area contributed by atoms with Crippen molar-refractivity contribution in [2.45, 2.75) is 0 Å². The van der Waals surface area contributed by atoms with E-state index in [1.54, 1.807) is 0 Å². The first-order valence-corrected chi connectivity index (χ1v) is 2.26. The quantitative estimate of drug-likeness (QED) is 0.485. The summed E-state index contributed by atoms with van der Waals surface area (Å²) in [6, 6.07) is 0. The van der Waals surface area contributed by atoms with Gasteiger partial charge in [0.05, 0.1) is 0 Å². The molecule has 0 heterocycles. The van der Waals surface area contributed by atoms with Crippen molar-refractivity contribution in [3.05, 3.63) is 0 Å². The summed E-state index contributed by atoms with van der Waals surface area (Å²) in [6.07, 6.45) is 0. The summed E-state index contributed by atoms with van der Waals surface area (Å²) in [4.78, 5) is 0. The molecule has 0 saturated heterocycles. The predicted octanol–water partition coefficient (Wildman–Crippen LogP) is -0.889. The zero-order chi connectivity index (χ0) is 4.00. The van der Waals surface area contributed by atoms with Gasteiger partial charge in [-0.2, -0.15) is 0 Å². The molecule has 0 aliphatic rings. The van der Waals surface area contributed by atoms with Crippen molar-refractivity contribution in [3.8, 4) is 0 Å². The van der Waals surface area contributed by atoms with Crippen LogP contribution in [0.1, 0.15) is 0 Å². The van der Waals surface area contributed by atoms with E-state index in [2.05, 4.69) is 0 Å². The molecule has 0 bridgehead atoms. The van der Waals surface area contributed by atoms with Crippen molar-refractivity contribution >= 4 is 18.6 Å². The summed E-state index contributed by atoms with van der Waals surface area (Å²) in [5.41, 5.74) is 0. The molecule has 0 aliphatic heterocycles. The van der Waals surface area contributed by atoms with Gasteiger partial charge in [0.25, 0.3) is 0 Å². The Kier molecular flexibility index (Phi) is 89.9. The van der Waals surface area contributed by atoms with E-state index in [9.17, 15) is 0 Å². The van der Waals surface area contributed by atoms with Crippen molar-refractivity contribution < 1.29 is 26.2 Å².